The number of unbranched alkanes of at least 4 members (excludes halogenated alkanes) is 22. The van der Waals surface area contributed by atoms with Gasteiger partial charge in [-0.2, -0.15) is 0 Å². The van der Waals surface area contributed by atoms with E-state index in [0.29, 0.717) is 19.4 Å². The Balaban J connectivity index is 4.15. The fourth-order valence-corrected chi connectivity index (χ4v) is 5.99. The minimum absolute atomic E-state index is 0.0773. The molecule has 0 N–H and O–H groups in total. The maximum absolute atomic E-state index is 12.6. The molecule has 0 aromatic carbocycles. The lowest BCUT2D eigenvalue weighted by atomic mass is 10.0. The summed E-state index contributed by atoms with van der Waals surface area (Å²) in [6.07, 6.45) is 47.2. The molecule has 5 heteroatoms. The van der Waals surface area contributed by atoms with Crippen molar-refractivity contribution in [2.75, 3.05) is 19.8 Å². The number of hydrogen-bond acceptors (Lipinski definition) is 5. The quantitative estimate of drug-likeness (QED) is 0.0362. The van der Waals surface area contributed by atoms with Crippen molar-refractivity contribution in [3.05, 3.63) is 36.5 Å². The first-order valence-electron chi connectivity index (χ1n) is 21.5. The topological polar surface area (TPSA) is 61.8 Å². The van der Waals surface area contributed by atoms with E-state index in [1.165, 1.54) is 109 Å². The van der Waals surface area contributed by atoms with Gasteiger partial charge in [-0.05, 0) is 51.4 Å². The summed E-state index contributed by atoms with van der Waals surface area (Å²) in [6.45, 7) is 7.66. The van der Waals surface area contributed by atoms with E-state index < -0.39 is 6.10 Å². The summed E-state index contributed by atoms with van der Waals surface area (Å²) in [5.41, 5.74) is 0. The Bertz CT molecular complexity index is 801. The predicted molar refractivity (Wildman–Crippen MR) is 215 cm³/mol. The van der Waals surface area contributed by atoms with Gasteiger partial charge in [0.05, 0.1) is 6.61 Å². The zero-order valence-electron chi connectivity index (χ0n) is 33.4. The molecule has 0 bridgehead atoms. The normalized spacial score (nSPS) is 12.5. The Morgan fingerprint density at radius 1 is 0.460 bits per heavy atom. The van der Waals surface area contributed by atoms with Crippen molar-refractivity contribution in [1.29, 1.82) is 0 Å². The molecular weight excluding hydrogens is 620 g/mol. The van der Waals surface area contributed by atoms with Gasteiger partial charge >= 0.3 is 11.9 Å². The highest BCUT2D eigenvalue weighted by Crippen LogP contribution is 2.14. The van der Waals surface area contributed by atoms with Gasteiger partial charge in [0.15, 0.2) is 6.10 Å². The van der Waals surface area contributed by atoms with Crippen molar-refractivity contribution >= 4 is 11.9 Å². The summed E-state index contributed by atoms with van der Waals surface area (Å²) in [7, 11) is 0. The number of hydrogen-bond donors (Lipinski definition) is 0. The lowest BCUT2D eigenvalue weighted by Crippen LogP contribution is -2.30. The number of carbonyl (C=O) groups is 2. The number of allylic oxidation sites excluding steroid dienone is 6. The summed E-state index contributed by atoms with van der Waals surface area (Å²) in [6, 6.07) is 0. The molecule has 1 atom stereocenters. The third-order valence-corrected chi connectivity index (χ3v) is 9.19. The van der Waals surface area contributed by atoms with Crippen LogP contribution in [0.15, 0.2) is 36.5 Å². The number of rotatable bonds is 39. The molecule has 0 saturated carbocycles. The summed E-state index contributed by atoms with van der Waals surface area (Å²) in [5, 5.41) is 0. The van der Waals surface area contributed by atoms with E-state index in [9.17, 15) is 9.59 Å². The van der Waals surface area contributed by atoms with Crippen molar-refractivity contribution in [2.24, 2.45) is 0 Å². The molecule has 0 aromatic rings. The first kappa shape index (κ1) is 48.1. The van der Waals surface area contributed by atoms with Crippen LogP contribution in [0.1, 0.15) is 213 Å². The van der Waals surface area contributed by atoms with Gasteiger partial charge < -0.3 is 14.2 Å². The van der Waals surface area contributed by atoms with Crippen molar-refractivity contribution in [1.82, 2.24) is 0 Å². The summed E-state index contributed by atoms with van der Waals surface area (Å²) >= 11 is 0. The molecule has 0 spiro atoms. The average Bonchev–Trinajstić information content (AvgIpc) is 3.11. The third-order valence-electron chi connectivity index (χ3n) is 9.19. The van der Waals surface area contributed by atoms with Crippen molar-refractivity contribution in [3.63, 3.8) is 0 Å². The Morgan fingerprint density at radius 3 is 1.44 bits per heavy atom. The molecule has 292 valence electrons. The molecule has 0 aliphatic carbocycles. The number of carbonyl (C=O) groups excluding carboxylic acids is 2. The molecule has 0 heterocycles. The summed E-state index contributed by atoms with van der Waals surface area (Å²) < 4.78 is 17.2. The van der Waals surface area contributed by atoms with Crippen LogP contribution >= 0.6 is 0 Å². The number of esters is 2. The van der Waals surface area contributed by atoms with Gasteiger partial charge in [0, 0.05) is 19.4 Å². The van der Waals surface area contributed by atoms with Crippen LogP contribution < -0.4 is 0 Å². The monoisotopic (exact) mass is 703 g/mol. The molecule has 0 aliphatic rings. The highest BCUT2D eigenvalue weighted by molar-refractivity contribution is 5.70. The second-order valence-electron chi connectivity index (χ2n) is 14.2. The van der Waals surface area contributed by atoms with Crippen molar-refractivity contribution < 1.29 is 23.8 Å². The lowest BCUT2D eigenvalue weighted by Gasteiger charge is -2.18. The van der Waals surface area contributed by atoms with Crippen molar-refractivity contribution in [2.45, 2.75) is 219 Å². The molecule has 5 nitrogen and oxygen atoms in total. The zero-order valence-corrected chi connectivity index (χ0v) is 33.4. The number of ether oxygens (including phenoxy) is 3. The maximum atomic E-state index is 12.6. The second-order valence-corrected chi connectivity index (χ2v) is 14.2. The van der Waals surface area contributed by atoms with Gasteiger partial charge in [0.25, 0.3) is 0 Å². The molecule has 0 fully saturated rings. The van der Waals surface area contributed by atoms with E-state index in [-0.39, 0.29) is 25.2 Å². The standard InChI is InChI=1S/C45H82O5/c1-4-7-10-13-16-18-20-22-23-25-26-28-30-32-35-38-44(46)49-42-43(41-48-40-37-34-15-12-9-6-3)50-45(47)39-36-33-31-29-27-24-21-19-17-14-11-8-5-2/h8,11,17,19,24,27,43H,4-7,9-10,12-16,18,20-23,25-26,28-42H2,1-3H3/b11-8-,19-17-,27-24-. The third kappa shape index (κ3) is 38.9. The molecule has 0 saturated heterocycles. The van der Waals surface area contributed by atoms with E-state index in [2.05, 4.69) is 57.2 Å². The minimum atomic E-state index is -0.541. The highest BCUT2D eigenvalue weighted by atomic mass is 16.6. The average molecular weight is 703 g/mol. The molecule has 0 radical (unpaired) electrons. The van der Waals surface area contributed by atoms with Crippen LogP contribution in [0.2, 0.25) is 0 Å². The molecule has 0 aromatic heterocycles. The molecule has 50 heavy (non-hydrogen) atoms. The Kier molecular flexibility index (Phi) is 40.0. The SMILES string of the molecule is CC/C=C\C/C=C\C/C=C\CCCCCC(=O)OC(COCCCCCCCC)COC(=O)CCCCCCCCCCCCCCCCC. The van der Waals surface area contributed by atoms with Crippen LogP contribution in [0.4, 0.5) is 0 Å². The van der Waals surface area contributed by atoms with E-state index in [4.69, 9.17) is 14.2 Å². The summed E-state index contributed by atoms with van der Waals surface area (Å²) in [4.78, 5) is 25.1. The molecule has 0 amide bonds. The smallest absolute Gasteiger partial charge is 0.306 e. The van der Waals surface area contributed by atoms with Gasteiger partial charge in [0.1, 0.15) is 6.61 Å². The van der Waals surface area contributed by atoms with Crippen LogP contribution in [0.3, 0.4) is 0 Å². The summed E-state index contributed by atoms with van der Waals surface area (Å²) in [5.74, 6) is -0.428. The largest absolute Gasteiger partial charge is 0.462 e. The fraction of sp³-hybridized carbons (Fsp3) is 0.822. The van der Waals surface area contributed by atoms with Gasteiger partial charge in [-0.3, -0.25) is 9.59 Å². The van der Waals surface area contributed by atoms with E-state index in [1.807, 2.05) is 0 Å². The van der Waals surface area contributed by atoms with Crippen molar-refractivity contribution in [3.8, 4) is 0 Å². The lowest BCUT2D eigenvalue weighted by molar-refractivity contribution is -0.163. The van der Waals surface area contributed by atoms with Crippen LogP contribution in [0, 0.1) is 0 Å². The first-order valence-corrected chi connectivity index (χ1v) is 21.5. The highest BCUT2D eigenvalue weighted by Gasteiger charge is 2.17. The van der Waals surface area contributed by atoms with Crippen LogP contribution in [-0.4, -0.2) is 37.9 Å². The van der Waals surface area contributed by atoms with Gasteiger partial charge in [-0.15, -0.1) is 0 Å². The molecule has 0 aliphatic heterocycles. The van der Waals surface area contributed by atoms with Gasteiger partial charge in [-0.25, -0.2) is 0 Å². The Morgan fingerprint density at radius 2 is 0.900 bits per heavy atom. The van der Waals surface area contributed by atoms with E-state index >= 15 is 0 Å². The Labute approximate surface area is 310 Å². The molecule has 1 unspecified atom stereocenters. The fourth-order valence-electron chi connectivity index (χ4n) is 5.99. The van der Waals surface area contributed by atoms with Gasteiger partial charge in [0.2, 0.25) is 0 Å². The van der Waals surface area contributed by atoms with Crippen LogP contribution in [0.25, 0.3) is 0 Å². The van der Waals surface area contributed by atoms with Crippen LogP contribution in [-0.2, 0) is 23.8 Å². The predicted octanol–water partition coefficient (Wildman–Crippen LogP) is 13.9. The molecule has 0 rings (SSSR count). The van der Waals surface area contributed by atoms with Crippen LogP contribution in [0.5, 0.6) is 0 Å². The first-order chi connectivity index (χ1) is 24.6. The van der Waals surface area contributed by atoms with Gasteiger partial charge in [-0.1, -0.05) is 186 Å². The zero-order chi connectivity index (χ0) is 36.4. The molecular formula is C45H82O5. The maximum Gasteiger partial charge on any atom is 0.306 e. The Hall–Kier alpha value is -1.88. The minimum Gasteiger partial charge on any atom is -0.462 e. The van der Waals surface area contributed by atoms with E-state index in [1.54, 1.807) is 0 Å². The van der Waals surface area contributed by atoms with E-state index in [0.717, 1.165) is 70.6 Å². The second kappa shape index (κ2) is 41.5.